The normalized spacial score (nSPS) is 27.6. The Kier molecular flexibility index (Phi) is 6.39. The number of rotatable bonds is 7. The largest absolute Gasteiger partial charge is 0.314 e. The van der Waals surface area contributed by atoms with E-state index in [2.05, 4.69) is 36.7 Å². The molecule has 0 amide bonds. The molecule has 1 fully saturated rings. The van der Waals surface area contributed by atoms with Crippen LogP contribution in [0.4, 0.5) is 0 Å². The summed E-state index contributed by atoms with van der Waals surface area (Å²) in [6.45, 7) is 5.78. The molecule has 1 saturated carbocycles. The van der Waals surface area contributed by atoms with Crippen LogP contribution in [0.1, 0.15) is 57.2 Å². The van der Waals surface area contributed by atoms with Crippen molar-refractivity contribution in [1.82, 2.24) is 5.32 Å². The van der Waals surface area contributed by atoms with Gasteiger partial charge in [-0.2, -0.15) is 0 Å². The molecule has 19 heavy (non-hydrogen) atoms. The van der Waals surface area contributed by atoms with Crippen LogP contribution in [-0.2, 0) is 6.42 Å². The van der Waals surface area contributed by atoms with Crippen LogP contribution in [0.15, 0.2) is 17.5 Å². The summed E-state index contributed by atoms with van der Waals surface area (Å²) >= 11 is 1.93. The molecular weight excluding hydrogens is 250 g/mol. The molecule has 3 unspecified atom stereocenters. The molecule has 0 radical (unpaired) electrons. The molecule has 1 aromatic rings. The van der Waals surface area contributed by atoms with Gasteiger partial charge in [0, 0.05) is 10.9 Å². The molecule has 0 bridgehead atoms. The van der Waals surface area contributed by atoms with Gasteiger partial charge in [0.2, 0.25) is 0 Å². The van der Waals surface area contributed by atoms with Gasteiger partial charge in [-0.1, -0.05) is 32.8 Å². The third kappa shape index (κ3) is 4.61. The topological polar surface area (TPSA) is 12.0 Å². The lowest BCUT2D eigenvalue weighted by Gasteiger charge is -2.37. The maximum Gasteiger partial charge on any atom is 0.00989 e. The molecule has 1 aliphatic carbocycles. The second-order valence-electron chi connectivity index (χ2n) is 6.07. The summed E-state index contributed by atoms with van der Waals surface area (Å²) < 4.78 is 0. The van der Waals surface area contributed by atoms with E-state index in [1.54, 1.807) is 4.88 Å². The Labute approximate surface area is 122 Å². The Morgan fingerprint density at radius 3 is 2.84 bits per heavy atom. The van der Waals surface area contributed by atoms with Crippen molar-refractivity contribution in [1.29, 1.82) is 0 Å². The fraction of sp³-hybridized carbons (Fsp3) is 0.765. The zero-order chi connectivity index (χ0) is 13.5. The fourth-order valence-corrected chi connectivity index (χ4v) is 4.34. The highest BCUT2D eigenvalue weighted by atomic mass is 32.1. The van der Waals surface area contributed by atoms with Crippen LogP contribution in [0, 0.1) is 11.8 Å². The van der Waals surface area contributed by atoms with Gasteiger partial charge >= 0.3 is 0 Å². The third-order valence-electron chi connectivity index (χ3n) is 4.49. The monoisotopic (exact) mass is 279 g/mol. The highest BCUT2D eigenvalue weighted by Gasteiger charge is 2.29. The Balaban J connectivity index is 1.93. The molecule has 1 heterocycles. The lowest BCUT2D eigenvalue weighted by Crippen LogP contribution is -2.41. The van der Waals surface area contributed by atoms with E-state index in [0.29, 0.717) is 0 Å². The van der Waals surface area contributed by atoms with E-state index in [4.69, 9.17) is 0 Å². The minimum Gasteiger partial charge on any atom is -0.314 e. The highest BCUT2D eigenvalue weighted by molar-refractivity contribution is 7.09. The van der Waals surface area contributed by atoms with Crippen molar-refractivity contribution < 1.29 is 0 Å². The predicted octanol–water partition coefficient (Wildman–Crippen LogP) is 4.88. The van der Waals surface area contributed by atoms with Gasteiger partial charge < -0.3 is 5.32 Å². The van der Waals surface area contributed by atoms with E-state index in [1.807, 2.05) is 11.3 Å². The van der Waals surface area contributed by atoms with Crippen LogP contribution in [0.2, 0.25) is 0 Å². The van der Waals surface area contributed by atoms with E-state index in [-0.39, 0.29) is 0 Å². The summed E-state index contributed by atoms with van der Waals surface area (Å²) in [5.74, 6) is 1.84. The molecule has 3 atom stereocenters. The van der Waals surface area contributed by atoms with E-state index < -0.39 is 0 Å². The maximum atomic E-state index is 3.80. The Bertz CT molecular complexity index is 333. The molecule has 1 nitrogen and oxygen atoms in total. The summed E-state index contributed by atoms with van der Waals surface area (Å²) in [4.78, 5) is 1.57. The first-order valence-electron chi connectivity index (χ1n) is 8.09. The zero-order valence-corrected chi connectivity index (χ0v) is 13.3. The Morgan fingerprint density at radius 2 is 2.16 bits per heavy atom. The standard InChI is InChI=1S/C17H29NS/c1-3-6-14-8-9-17(18-10-4-2)15(12-14)13-16-7-5-11-19-16/h5,7,11,14-15,17-18H,3-4,6,8-10,12-13H2,1-2H3. The number of hydrogen-bond donors (Lipinski definition) is 1. The van der Waals surface area contributed by atoms with Crippen molar-refractivity contribution in [3.8, 4) is 0 Å². The SMILES string of the molecule is CCCNC1CCC(CCC)CC1Cc1cccs1. The highest BCUT2D eigenvalue weighted by Crippen LogP contribution is 2.34. The van der Waals surface area contributed by atoms with Gasteiger partial charge in [-0.25, -0.2) is 0 Å². The molecule has 0 saturated heterocycles. The predicted molar refractivity (Wildman–Crippen MR) is 85.8 cm³/mol. The zero-order valence-electron chi connectivity index (χ0n) is 12.5. The molecule has 1 N–H and O–H groups in total. The van der Waals surface area contributed by atoms with Crippen LogP contribution >= 0.6 is 11.3 Å². The maximum absolute atomic E-state index is 3.80. The molecule has 108 valence electrons. The number of hydrogen-bond acceptors (Lipinski definition) is 2. The van der Waals surface area contributed by atoms with Crippen molar-refractivity contribution in [2.45, 2.75) is 64.8 Å². The minimum atomic E-state index is 0.759. The first kappa shape index (κ1) is 15.1. The van der Waals surface area contributed by atoms with Crippen molar-refractivity contribution in [3.05, 3.63) is 22.4 Å². The van der Waals surface area contributed by atoms with Crippen molar-refractivity contribution in [2.75, 3.05) is 6.54 Å². The second-order valence-corrected chi connectivity index (χ2v) is 7.10. The van der Waals surface area contributed by atoms with Crippen molar-refractivity contribution >= 4 is 11.3 Å². The van der Waals surface area contributed by atoms with Gasteiger partial charge in [-0.3, -0.25) is 0 Å². The summed E-state index contributed by atoms with van der Waals surface area (Å²) in [5.41, 5.74) is 0. The molecule has 1 aliphatic rings. The summed E-state index contributed by atoms with van der Waals surface area (Å²) in [6.07, 6.45) is 9.59. The second kappa shape index (κ2) is 8.06. The Hall–Kier alpha value is -0.340. The van der Waals surface area contributed by atoms with E-state index in [0.717, 1.165) is 17.9 Å². The Morgan fingerprint density at radius 1 is 1.26 bits per heavy atom. The first-order chi connectivity index (χ1) is 9.33. The fourth-order valence-electron chi connectivity index (χ4n) is 3.54. The molecule has 2 rings (SSSR count). The van der Waals surface area contributed by atoms with Crippen LogP contribution < -0.4 is 5.32 Å². The summed E-state index contributed by atoms with van der Waals surface area (Å²) in [6, 6.07) is 5.27. The average molecular weight is 279 g/mol. The molecular formula is C17H29NS. The number of thiophene rings is 1. The van der Waals surface area contributed by atoms with Gasteiger partial charge in [0.25, 0.3) is 0 Å². The third-order valence-corrected chi connectivity index (χ3v) is 5.39. The van der Waals surface area contributed by atoms with E-state index in [1.165, 1.54) is 51.5 Å². The molecule has 2 heteroatoms. The minimum absolute atomic E-state index is 0.759. The van der Waals surface area contributed by atoms with E-state index in [9.17, 15) is 0 Å². The van der Waals surface area contributed by atoms with Gasteiger partial charge in [-0.05, 0) is 61.9 Å². The first-order valence-corrected chi connectivity index (χ1v) is 8.97. The van der Waals surface area contributed by atoms with Gasteiger partial charge in [-0.15, -0.1) is 11.3 Å². The quantitative estimate of drug-likeness (QED) is 0.750. The smallest absolute Gasteiger partial charge is 0.00989 e. The van der Waals surface area contributed by atoms with Crippen LogP contribution in [-0.4, -0.2) is 12.6 Å². The van der Waals surface area contributed by atoms with Gasteiger partial charge in [0.05, 0.1) is 0 Å². The van der Waals surface area contributed by atoms with E-state index >= 15 is 0 Å². The van der Waals surface area contributed by atoms with Crippen molar-refractivity contribution in [3.63, 3.8) is 0 Å². The molecule has 0 aromatic carbocycles. The summed E-state index contributed by atoms with van der Waals surface area (Å²) in [7, 11) is 0. The van der Waals surface area contributed by atoms with Crippen LogP contribution in [0.3, 0.4) is 0 Å². The lowest BCUT2D eigenvalue weighted by atomic mass is 9.74. The van der Waals surface area contributed by atoms with Gasteiger partial charge in [0.15, 0.2) is 0 Å². The molecule has 0 aliphatic heterocycles. The average Bonchev–Trinajstić information content (AvgIpc) is 2.91. The molecule has 1 aromatic heterocycles. The summed E-state index contributed by atoms with van der Waals surface area (Å²) in [5, 5.41) is 6.02. The van der Waals surface area contributed by atoms with Crippen LogP contribution in [0.5, 0.6) is 0 Å². The van der Waals surface area contributed by atoms with Crippen LogP contribution in [0.25, 0.3) is 0 Å². The van der Waals surface area contributed by atoms with Gasteiger partial charge in [0.1, 0.15) is 0 Å². The number of nitrogens with one attached hydrogen (secondary N) is 1. The lowest BCUT2D eigenvalue weighted by molar-refractivity contribution is 0.194. The molecule has 0 spiro atoms. The van der Waals surface area contributed by atoms with Crippen molar-refractivity contribution in [2.24, 2.45) is 11.8 Å².